The predicted molar refractivity (Wildman–Crippen MR) is 83.1 cm³/mol. The van der Waals surface area contributed by atoms with Crippen LogP contribution >= 0.6 is 0 Å². The average Bonchev–Trinajstić information content (AvgIpc) is 3.02. The number of benzene rings is 2. The van der Waals surface area contributed by atoms with E-state index in [4.69, 9.17) is 4.74 Å². The van der Waals surface area contributed by atoms with Gasteiger partial charge >= 0.3 is 0 Å². The fourth-order valence-electron chi connectivity index (χ4n) is 2.28. The molecule has 0 atom stereocenters. The molecule has 2 aromatic heterocycles. The minimum Gasteiger partial charge on any atom is -0.438 e. The van der Waals surface area contributed by atoms with Crippen molar-refractivity contribution >= 4 is 11.0 Å². The lowest BCUT2D eigenvalue weighted by molar-refractivity contribution is 0.468. The molecule has 4 rings (SSSR count). The summed E-state index contributed by atoms with van der Waals surface area (Å²) < 4.78 is 20.5. The summed E-state index contributed by atoms with van der Waals surface area (Å²) in [4.78, 5) is 8.43. The van der Waals surface area contributed by atoms with Crippen LogP contribution < -0.4 is 4.74 Å². The smallest absolute Gasteiger partial charge is 0.233 e. The normalized spacial score (nSPS) is 10.8. The van der Waals surface area contributed by atoms with Gasteiger partial charge in [-0.15, -0.1) is 0 Å². The van der Waals surface area contributed by atoms with Crippen molar-refractivity contribution in [3.8, 4) is 17.3 Å². The standard InChI is InChI=1S/C17H11FN4O/c18-12-6-8-13(9-7-12)22-16-15(10-21-22)17(20-11-19-16)23-14-4-2-1-3-5-14/h1-11H. The summed E-state index contributed by atoms with van der Waals surface area (Å²) >= 11 is 0. The van der Waals surface area contributed by atoms with Crippen LogP contribution in [0, 0.1) is 5.82 Å². The first-order valence-electron chi connectivity index (χ1n) is 6.99. The quantitative estimate of drug-likeness (QED) is 0.578. The summed E-state index contributed by atoms with van der Waals surface area (Å²) in [5.41, 5.74) is 1.31. The Morgan fingerprint density at radius 2 is 1.70 bits per heavy atom. The van der Waals surface area contributed by atoms with Gasteiger partial charge in [0.15, 0.2) is 5.65 Å². The van der Waals surface area contributed by atoms with Crippen LogP contribution in [0.25, 0.3) is 16.7 Å². The molecule has 2 heterocycles. The lowest BCUT2D eigenvalue weighted by atomic mass is 10.3. The highest BCUT2D eigenvalue weighted by Gasteiger charge is 2.12. The number of para-hydroxylation sites is 1. The molecule has 0 saturated heterocycles. The van der Waals surface area contributed by atoms with E-state index < -0.39 is 0 Å². The fourth-order valence-corrected chi connectivity index (χ4v) is 2.28. The maximum atomic E-state index is 13.1. The molecule has 0 aliphatic heterocycles. The highest BCUT2D eigenvalue weighted by Crippen LogP contribution is 2.27. The van der Waals surface area contributed by atoms with Crippen molar-refractivity contribution in [1.29, 1.82) is 0 Å². The molecule has 23 heavy (non-hydrogen) atoms. The first-order chi connectivity index (χ1) is 11.3. The maximum absolute atomic E-state index is 13.1. The van der Waals surface area contributed by atoms with Gasteiger partial charge in [-0.25, -0.2) is 19.0 Å². The van der Waals surface area contributed by atoms with E-state index in [-0.39, 0.29) is 5.82 Å². The molecule has 0 aliphatic carbocycles. The molecule has 0 unspecified atom stereocenters. The highest BCUT2D eigenvalue weighted by molar-refractivity contribution is 5.81. The van der Waals surface area contributed by atoms with Crippen LogP contribution in [0.2, 0.25) is 0 Å². The van der Waals surface area contributed by atoms with Crippen LogP contribution in [0.5, 0.6) is 11.6 Å². The molecule has 0 bridgehead atoms. The zero-order valence-electron chi connectivity index (χ0n) is 11.9. The third-order valence-corrected chi connectivity index (χ3v) is 3.36. The molecule has 0 spiro atoms. The van der Waals surface area contributed by atoms with Crippen molar-refractivity contribution in [2.45, 2.75) is 0 Å². The third-order valence-electron chi connectivity index (χ3n) is 3.36. The SMILES string of the molecule is Fc1ccc(-n2ncc3c(Oc4ccccc4)ncnc32)cc1. The second-order valence-corrected chi connectivity index (χ2v) is 4.86. The third kappa shape index (κ3) is 2.50. The minimum atomic E-state index is -0.298. The van der Waals surface area contributed by atoms with Crippen LogP contribution in [0.3, 0.4) is 0 Å². The van der Waals surface area contributed by atoms with E-state index in [2.05, 4.69) is 15.1 Å². The van der Waals surface area contributed by atoms with E-state index in [1.165, 1.54) is 18.5 Å². The lowest BCUT2D eigenvalue weighted by Gasteiger charge is -2.06. The van der Waals surface area contributed by atoms with Gasteiger partial charge in [-0.2, -0.15) is 5.10 Å². The van der Waals surface area contributed by atoms with Gasteiger partial charge in [0.05, 0.1) is 11.9 Å². The minimum absolute atomic E-state index is 0.298. The van der Waals surface area contributed by atoms with E-state index in [0.717, 1.165) is 0 Å². The number of ether oxygens (including phenoxy) is 1. The Morgan fingerprint density at radius 3 is 2.48 bits per heavy atom. The van der Waals surface area contributed by atoms with Crippen molar-refractivity contribution in [3.05, 3.63) is 72.9 Å². The van der Waals surface area contributed by atoms with E-state index in [1.807, 2.05) is 30.3 Å². The van der Waals surface area contributed by atoms with E-state index in [1.54, 1.807) is 23.0 Å². The number of nitrogens with zero attached hydrogens (tertiary/aromatic N) is 4. The van der Waals surface area contributed by atoms with Crippen LogP contribution in [-0.4, -0.2) is 19.7 Å². The molecule has 6 heteroatoms. The number of halogens is 1. The van der Waals surface area contributed by atoms with Gasteiger partial charge in [0, 0.05) is 0 Å². The van der Waals surface area contributed by atoms with Crippen LogP contribution in [0.4, 0.5) is 4.39 Å². The van der Waals surface area contributed by atoms with Crippen molar-refractivity contribution in [1.82, 2.24) is 19.7 Å². The Kier molecular flexibility index (Phi) is 3.20. The van der Waals surface area contributed by atoms with Gasteiger partial charge in [-0.3, -0.25) is 0 Å². The number of hydrogen-bond donors (Lipinski definition) is 0. The molecule has 0 N–H and O–H groups in total. The summed E-state index contributed by atoms with van der Waals surface area (Å²) in [6, 6.07) is 15.4. The number of hydrogen-bond acceptors (Lipinski definition) is 4. The van der Waals surface area contributed by atoms with Gasteiger partial charge in [-0.1, -0.05) is 18.2 Å². The second kappa shape index (κ2) is 5.49. The monoisotopic (exact) mass is 306 g/mol. The summed E-state index contributed by atoms with van der Waals surface area (Å²) in [5.74, 6) is 0.810. The molecular formula is C17H11FN4O. The van der Waals surface area contributed by atoms with Crippen molar-refractivity contribution < 1.29 is 9.13 Å². The Morgan fingerprint density at radius 1 is 0.913 bits per heavy atom. The topological polar surface area (TPSA) is 52.8 Å². The molecule has 2 aromatic carbocycles. The summed E-state index contributed by atoms with van der Waals surface area (Å²) in [6.45, 7) is 0. The highest BCUT2D eigenvalue weighted by atomic mass is 19.1. The fraction of sp³-hybridized carbons (Fsp3) is 0. The van der Waals surface area contributed by atoms with Gasteiger partial charge in [-0.05, 0) is 36.4 Å². The van der Waals surface area contributed by atoms with E-state index >= 15 is 0 Å². The molecule has 0 aliphatic rings. The Labute approximate surface area is 131 Å². The van der Waals surface area contributed by atoms with Crippen molar-refractivity contribution in [2.75, 3.05) is 0 Å². The lowest BCUT2D eigenvalue weighted by Crippen LogP contribution is -1.98. The van der Waals surface area contributed by atoms with Crippen LogP contribution in [-0.2, 0) is 0 Å². The zero-order chi connectivity index (χ0) is 15.6. The molecular weight excluding hydrogens is 295 g/mol. The first-order valence-corrected chi connectivity index (χ1v) is 6.99. The van der Waals surface area contributed by atoms with Crippen molar-refractivity contribution in [3.63, 3.8) is 0 Å². The molecule has 112 valence electrons. The molecule has 4 aromatic rings. The van der Waals surface area contributed by atoms with Crippen LogP contribution in [0.1, 0.15) is 0 Å². The number of fused-ring (bicyclic) bond motifs is 1. The molecule has 0 saturated carbocycles. The predicted octanol–water partition coefficient (Wildman–Crippen LogP) is 3.75. The van der Waals surface area contributed by atoms with Gasteiger partial charge in [0.1, 0.15) is 23.3 Å². The summed E-state index contributed by atoms with van der Waals surface area (Å²) in [5, 5.41) is 4.99. The summed E-state index contributed by atoms with van der Waals surface area (Å²) in [6.07, 6.45) is 3.05. The first kappa shape index (κ1) is 13.4. The zero-order valence-corrected chi connectivity index (χ0v) is 11.9. The molecule has 0 fully saturated rings. The molecule has 0 amide bonds. The molecule has 5 nitrogen and oxygen atoms in total. The number of rotatable bonds is 3. The largest absolute Gasteiger partial charge is 0.438 e. The Bertz CT molecular complexity index is 951. The van der Waals surface area contributed by atoms with E-state index in [0.29, 0.717) is 28.4 Å². The Hall–Kier alpha value is -3.28. The number of aromatic nitrogens is 4. The average molecular weight is 306 g/mol. The van der Waals surface area contributed by atoms with Gasteiger partial charge in [0.2, 0.25) is 5.88 Å². The Balaban J connectivity index is 1.79. The van der Waals surface area contributed by atoms with Crippen molar-refractivity contribution in [2.24, 2.45) is 0 Å². The van der Waals surface area contributed by atoms with Gasteiger partial charge in [0.25, 0.3) is 0 Å². The molecule has 0 radical (unpaired) electrons. The summed E-state index contributed by atoms with van der Waals surface area (Å²) in [7, 11) is 0. The van der Waals surface area contributed by atoms with Gasteiger partial charge < -0.3 is 4.74 Å². The second-order valence-electron chi connectivity index (χ2n) is 4.86. The maximum Gasteiger partial charge on any atom is 0.233 e. The van der Waals surface area contributed by atoms with Crippen LogP contribution in [0.15, 0.2) is 67.1 Å². The van der Waals surface area contributed by atoms with E-state index in [9.17, 15) is 4.39 Å².